The summed E-state index contributed by atoms with van der Waals surface area (Å²) in [6.45, 7) is 8.56. The number of amides is 1. The molecule has 136 valence electrons. The summed E-state index contributed by atoms with van der Waals surface area (Å²) in [5.41, 5.74) is 6.67. The van der Waals surface area contributed by atoms with Gasteiger partial charge in [-0.1, -0.05) is 12.1 Å². The van der Waals surface area contributed by atoms with Crippen LogP contribution in [0.4, 0.5) is 25.0 Å². The van der Waals surface area contributed by atoms with Crippen molar-refractivity contribution >= 4 is 17.5 Å². The predicted molar refractivity (Wildman–Crippen MR) is 96.5 cm³/mol. The van der Waals surface area contributed by atoms with Gasteiger partial charge in [0.15, 0.2) is 0 Å². The number of rotatable bonds is 1. The third kappa shape index (κ3) is 6.79. The van der Waals surface area contributed by atoms with E-state index in [1.165, 1.54) is 18.2 Å². The van der Waals surface area contributed by atoms with E-state index in [9.17, 15) is 13.6 Å². The molecule has 0 aromatic heterocycles. The zero-order valence-corrected chi connectivity index (χ0v) is 15.1. The Balaban J connectivity index is 0.000000293. The van der Waals surface area contributed by atoms with Crippen molar-refractivity contribution in [2.75, 3.05) is 11.1 Å². The molecule has 0 atom stereocenters. The molecule has 6 heteroatoms. The van der Waals surface area contributed by atoms with Gasteiger partial charge in [-0.2, -0.15) is 0 Å². The monoisotopic (exact) mass is 350 g/mol. The van der Waals surface area contributed by atoms with Crippen LogP contribution in [0.15, 0.2) is 36.4 Å². The van der Waals surface area contributed by atoms with Crippen LogP contribution < -0.4 is 11.1 Å². The fourth-order valence-corrected chi connectivity index (χ4v) is 1.78. The molecule has 2 aromatic carbocycles. The minimum atomic E-state index is -0.582. The summed E-state index contributed by atoms with van der Waals surface area (Å²) in [6, 6.07) is 9.18. The number of ether oxygens (including phenoxy) is 1. The average Bonchev–Trinajstić information content (AvgIpc) is 2.48. The summed E-state index contributed by atoms with van der Waals surface area (Å²) >= 11 is 0. The van der Waals surface area contributed by atoms with E-state index in [1.54, 1.807) is 52.8 Å². The van der Waals surface area contributed by atoms with Gasteiger partial charge in [-0.3, -0.25) is 5.32 Å². The molecule has 0 unspecified atom stereocenters. The lowest BCUT2D eigenvalue weighted by Crippen LogP contribution is -2.27. The third-order valence-corrected chi connectivity index (χ3v) is 3.21. The minimum Gasteiger partial charge on any atom is -0.444 e. The highest BCUT2D eigenvalue weighted by Crippen LogP contribution is 2.18. The second kappa shape index (κ2) is 8.46. The van der Waals surface area contributed by atoms with Crippen LogP contribution in [0.2, 0.25) is 0 Å². The minimum absolute atomic E-state index is 0.241. The molecule has 0 aliphatic rings. The SMILES string of the molecule is Cc1c(F)cccc1NC(=O)OC(C)(C)C.Cc1c(N)cccc1F. The van der Waals surface area contributed by atoms with Crippen LogP contribution in [0, 0.1) is 25.5 Å². The van der Waals surface area contributed by atoms with E-state index in [4.69, 9.17) is 10.5 Å². The fourth-order valence-electron chi connectivity index (χ4n) is 1.78. The number of carbonyl (C=O) groups is 1. The van der Waals surface area contributed by atoms with Gasteiger partial charge in [-0.15, -0.1) is 0 Å². The molecule has 3 N–H and O–H groups in total. The van der Waals surface area contributed by atoms with Crippen LogP contribution >= 0.6 is 0 Å². The molecule has 0 saturated carbocycles. The van der Waals surface area contributed by atoms with E-state index in [1.807, 2.05) is 0 Å². The molecule has 0 bridgehead atoms. The Bertz CT molecular complexity index is 720. The predicted octanol–water partition coefficient (Wildman–Crippen LogP) is 5.20. The molecule has 0 spiro atoms. The first kappa shape index (κ1) is 20.4. The van der Waals surface area contributed by atoms with E-state index >= 15 is 0 Å². The zero-order valence-electron chi connectivity index (χ0n) is 15.1. The van der Waals surface area contributed by atoms with Crippen molar-refractivity contribution in [3.63, 3.8) is 0 Å². The fraction of sp³-hybridized carbons (Fsp3) is 0.316. The molecular weight excluding hydrogens is 326 g/mol. The van der Waals surface area contributed by atoms with Gasteiger partial charge in [-0.25, -0.2) is 13.6 Å². The van der Waals surface area contributed by atoms with Crippen molar-refractivity contribution < 1.29 is 18.3 Å². The molecule has 0 saturated heterocycles. The van der Waals surface area contributed by atoms with Crippen molar-refractivity contribution in [1.29, 1.82) is 0 Å². The first-order chi connectivity index (χ1) is 11.5. The van der Waals surface area contributed by atoms with E-state index < -0.39 is 11.7 Å². The quantitative estimate of drug-likeness (QED) is 0.695. The summed E-state index contributed by atoms with van der Waals surface area (Å²) in [5, 5.41) is 2.51. The maximum absolute atomic E-state index is 13.2. The molecule has 25 heavy (non-hydrogen) atoms. The normalized spacial score (nSPS) is 10.5. The van der Waals surface area contributed by atoms with Gasteiger partial charge in [0.25, 0.3) is 0 Å². The standard InChI is InChI=1S/C12H16FNO2.C7H8FN/c1-8-9(13)6-5-7-10(8)14-11(15)16-12(2,3)4;1-5-6(8)3-2-4-7(5)9/h5-7H,1-4H3,(H,14,15);2-4H,9H2,1H3. The van der Waals surface area contributed by atoms with Gasteiger partial charge in [0.1, 0.15) is 17.2 Å². The number of nitrogens with two attached hydrogens (primary N) is 1. The summed E-state index contributed by atoms with van der Waals surface area (Å²) in [7, 11) is 0. The maximum Gasteiger partial charge on any atom is 0.412 e. The van der Waals surface area contributed by atoms with Crippen molar-refractivity contribution in [3.05, 3.63) is 59.2 Å². The lowest BCUT2D eigenvalue weighted by atomic mass is 10.2. The smallest absolute Gasteiger partial charge is 0.412 e. The van der Waals surface area contributed by atoms with Crippen LogP contribution in [-0.4, -0.2) is 11.7 Å². The molecule has 1 amide bonds. The van der Waals surface area contributed by atoms with E-state index in [-0.39, 0.29) is 11.6 Å². The number of hydrogen-bond acceptors (Lipinski definition) is 3. The van der Waals surface area contributed by atoms with Gasteiger partial charge in [0.05, 0.1) is 0 Å². The van der Waals surface area contributed by atoms with Crippen molar-refractivity contribution in [2.45, 2.75) is 40.2 Å². The topological polar surface area (TPSA) is 64.3 Å². The Labute approximate surface area is 147 Å². The van der Waals surface area contributed by atoms with Crippen LogP contribution in [-0.2, 0) is 4.74 Å². The highest BCUT2D eigenvalue weighted by molar-refractivity contribution is 5.85. The van der Waals surface area contributed by atoms with Gasteiger partial charge in [0.2, 0.25) is 0 Å². The lowest BCUT2D eigenvalue weighted by Gasteiger charge is -2.20. The maximum atomic E-state index is 13.2. The number of nitrogens with one attached hydrogen (secondary N) is 1. The molecule has 0 heterocycles. The van der Waals surface area contributed by atoms with Gasteiger partial charge < -0.3 is 10.5 Å². The van der Waals surface area contributed by atoms with Crippen molar-refractivity contribution in [1.82, 2.24) is 0 Å². The summed E-state index contributed by atoms with van der Waals surface area (Å²) < 4.78 is 30.7. The van der Waals surface area contributed by atoms with Gasteiger partial charge in [0, 0.05) is 22.5 Å². The highest BCUT2D eigenvalue weighted by Gasteiger charge is 2.17. The van der Waals surface area contributed by atoms with Gasteiger partial charge >= 0.3 is 6.09 Å². The zero-order chi connectivity index (χ0) is 19.2. The first-order valence-corrected chi connectivity index (χ1v) is 7.77. The highest BCUT2D eigenvalue weighted by atomic mass is 19.1. The van der Waals surface area contributed by atoms with Crippen LogP contribution in [0.1, 0.15) is 31.9 Å². The number of halogens is 2. The van der Waals surface area contributed by atoms with E-state index in [0.29, 0.717) is 22.5 Å². The third-order valence-electron chi connectivity index (χ3n) is 3.21. The number of benzene rings is 2. The number of nitrogen functional groups attached to an aromatic ring is 1. The Morgan fingerprint density at radius 1 is 1.00 bits per heavy atom. The summed E-state index contributed by atoms with van der Waals surface area (Å²) in [6.07, 6.45) is -0.582. The van der Waals surface area contributed by atoms with E-state index in [0.717, 1.165) is 0 Å². The lowest BCUT2D eigenvalue weighted by molar-refractivity contribution is 0.0636. The first-order valence-electron chi connectivity index (χ1n) is 7.77. The van der Waals surface area contributed by atoms with Crippen molar-refractivity contribution in [2.24, 2.45) is 0 Å². The van der Waals surface area contributed by atoms with Crippen molar-refractivity contribution in [3.8, 4) is 0 Å². The molecule has 0 aliphatic heterocycles. The van der Waals surface area contributed by atoms with Gasteiger partial charge in [-0.05, 0) is 58.9 Å². The molecule has 0 aliphatic carbocycles. The number of anilines is 2. The number of carbonyl (C=O) groups excluding carboxylic acids is 1. The second-order valence-electron chi connectivity index (χ2n) is 6.49. The number of hydrogen-bond donors (Lipinski definition) is 2. The van der Waals surface area contributed by atoms with Crippen LogP contribution in [0.25, 0.3) is 0 Å². The molecule has 2 aromatic rings. The summed E-state index contributed by atoms with van der Waals surface area (Å²) in [4.78, 5) is 11.4. The van der Waals surface area contributed by atoms with Crippen LogP contribution in [0.5, 0.6) is 0 Å². The molecule has 4 nitrogen and oxygen atoms in total. The van der Waals surface area contributed by atoms with E-state index in [2.05, 4.69) is 5.32 Å². The molecule has 2 rings (SSSR count). The van der Waals surface area contributed by atoms with Crippen LogP contribution in [0.3, 0.4) is 0 Å². The average molecular weight is 350 g/mol. The Morgan fingerprint density at radius 3 is 2.00 bits per heavy atom. The second-order valence-corrected chi connectivity index (χ2v) is 6.49. The molecular formula is C19H24F2N2O2. The Morgan fingerprint density at radius 2 is 1.52 bits per heavy atom. The molecule has 0 fully saturated rings. The molecule has 0 radical (unpaired) electrons. The summed E-state index contributed by atoms with van der Waals surface area (Å²) in [5.74, 6) is -0.594. The largest absolute Gasteiger partial charge is 0.444 e. The Hall–Kier alpha value is -2.63. The Kier molecular flexibility index (Phi) is 6.91.